The lowest BCUT2D eigenvalue weighted by Crippen LogP contribution is -2.59. The van der Waals surface area contributed by atoms with Crippen LogP contribution in [0.1, 0.15) is 27.7 Å². The zero-order valence-corrected chi connectivity index (χ0v) is 20.2. The van der Waals surface area contributed by atoms with E-state index in [9.17, 15) is 30.0 Å². The second-order valence-corrected chi connectivity index (χ2v) is 8.03. The molecule has 1 heterocycles. The summed E-state index contributed by atoms with van der Waals surface area (Å²) in [5.74, 6) is -1.75. The van der Waals surface area contributed by atoms with Gasteiger partial charge in [0.05, 0.1) is 6.61 Å². The molecule has 0 aromatic carbocycles. The van der Waals surface area contributed by atoms with Crippen LogP contribution in [0.5, 0.6) is 0 Å². The first-order chi connectivity index (χ1) is 16.5. The van der Waals surface area contributed by atoms with Crippen LogP contribution >= 0.6 is 0 Å². The number of aliphatic hydroxyl groups is 4. The highest BCUT2D eigenvalue weighted by Gasteiger charge is 2.45. The normalized spacial score (nSPS) is 27.3. The molecule has 5 atom stereocenters. The van der Waals surface area contributed by atoms with Crippen LogP contribution in [0.3, 0.4) is 0 Å². The molecule has 0 bridgehead atoms. The van der Waals surface area contributed by atoms with Gasteiger partial charge in [0.25, 0.3) is 0 Å². The molecular formula is C26H34O9. The third kappa shape index (κ3) is 10.4. The largest absolute Gasteiger partial charge is 0.478 e. The van der Waals surface area contributed by atoms with E-state index in [1.54, 1.807) is 24.3 Å². The van der Waals surface area contributed by atoms with Crippen molar-refractivity contribution in [1.82, 2.24) is 0 Å². The summed E-state index contributed by atoms with van der Waals surface area (Å²) in [4.78, 5) is 23.0. The fourth-order valence-corrected chi connectivity index (χ4v) is 2.72. The predicted molar refractivity (Wildman–Crippen MR) is 130 cm³/mol. The van der Waals surface area contributed by atoms with Crippen molar-refractivity contribution in [1.29, 1.82) is 0 Å². The molecule has 0 spiro atoms. The van der Waals surface area contributed by atoms with Gasteiger partial charge in [0.15, 0.2) is 0 Å². The molecule has 0 aliphatic carbocycles. The average Bonchev–Trinajstić information content (AvgIpc) is 2.81. The number of esters is 1. The van der Waals surface area contributed by atoms with Crippen molar-refractivity contribution in [2.24, 2.45) is 0 Å². The number of carboxylic acids is 1. The van der Waals surface area contributed by atoms with Gasteiger partial charge in [0.1, 0.15) is 24.4 Å². The summed E-state index contributed by atoms with van der Waals surface area (Å²) in [6, 6.07) is 0. The number of hydrogen-bond acceptors (Lipinski definition) is 8. The van der Waals surface area contributed by atoms with E-state index < -0.39 is 49.3 Å². The van der Waals surface area contributed by atoms with E-state index in [0.717, 1.165) is 11.1 Å². The summed E-state index contributed by atoms with van der Waals surface area (Å²) < 4.78 is 10.2. The van der Waals surface area contributed by atoms with Gasteiger partial charge in [-0.2, -0.15) is 0 Å². The topological polar surface area (TPSA) is 154 Å². The number of rotatable bonds is 10. The first-order valence-electron chi connectivity index (χ1n) is 10.9. The van der Waals surface area contributed by atoms with Crippen LogP contribution in [-0.4, -0.2) is 74.8 Å². The van der Waals surface area contributed by atoms with E-state index in [2.05, 4.69) is 0 Å². The Kier molecular flexibility index (Phi) is 12.9. The van der Waals surface area contributed by atoms with Gasteiger partial charge >= 0.3 is 11.9 Å². The van der Waals surface area contributed by atoms with E-state index in [4.69, 9.17) is 14.6 Å². The zero-order chi connectivity index (χ0) is 26.5. The van der Waals surface area contributed by atoms with Gasteiger partial charge in [-0.1, -0.05) is 71.9 Å². The Morgan fingerprint density at radius 2 is 1.29 bits per heavy atom. The third-order valence-electron chi connectivity index (χ3n) is 4.97. The fraction of sp³-hybridized carbons (Fsp3) is 0.385. The number of allylic oxidation sites excluding steroid dienone is 12. The number of carboxylic acid groups (broad SMARTS) is 1. The first kappa shape index (κ1) is 30.0. The van der Waals surface area contributed by atoms with Gasteiger partial charge in [-0.15, -0.1) is 0 Å². The molecule has 9 heteroatoms. The van der Waals surface area contributed by atoms with Gasteiger partial charge in [-0.3, -0.25) is 0 Å². The van der Waals surface area contributed by atoms with Crippen LogP contribution in [0, 0.1) is 0 Å². The van der Waals surface area contributed by atoms with Crippen LogP contribution in [0.25, 0.3) is 0 Å². The van der Waals surface area contributed by atoms with Gasteiger partial charge in [-0.25, -0.2) is 9.59 Å². The van der Waals surface area contributed by atoms with Crippen molar-refractivity contribution >= 4 is 11.9 Å². The van der Waals surface area contributed by atoms with Crippen LogP contribution in [-0.2, 0) is 19.1 Å². The minimum Gasteiger partial charge on any atom is -0.478 e. The number of aliphatic hydroxyl groups excluding tert-OH is 4. The number of aliphatic carboxylic acids is 1. The quantitative estimate of drug-likeness (QED) is 0.175. The highest BCUT2D eigenvalue weighted by atomic mass is 16.7. The number of ether oxygens (including phenoxy) is 2. The number of carbonyl (C=O) groups is 2. The first-order valence-corrected chi connectivity index (χ1v) is 10.9. The highest BCUT2D eigenvalue weighted by molar-refractivity contribution is 5.88. The van der Waals surface area contributed by atoms with Crippen molar-refractivity contribution < 1.29 is 44.6 Å². The molecule has 1 saturated heterocycles. The van der Waals surface area contributed by atoms with E-state index >= 15 is 0 Å². The second-order valence-electron chi connectivity index (χ2n) is 8.03. The maximum absolute atomic E-state index is 12.2. The summed E-state index contributed by atoms with van der Waals surface area (Å²) in [5.41, 5.74) is 2.29. The summed E-state index contributed by atoms with van der Waals surface area (Å²) in [7, 11) is 0. The molecule has 1 rings (SSSR count). The summed E-state index contributed by atoms with van der Waals surface area (Å²) >= 11 is 0. The smallest absolute Gasteiger partial charge is 0.336 e. The van der Waals surface area contributed by atoms with E-state index in [-0.39, 0.29) is 11.1 Å². The summed E-state index contributed by atoms with van der Waals surface area (Å²) in [6.45, 7) is 6.16. The van der Waals surface area contributed by atoms with Gasteiger partial charge in [0, 0.05) is 11.1 Å². The Morgan fingerprint density at radius 3 is 1.77 bits per heavy atom. The maximum Gasteiger partial charge on any atom is 0.336 e. The van der Waals surface area contributed by atoms with E-state index in [1.165, 1.54) is 26.0 Å². The van der Waals surface area contributed by atoms with Gasteiger partial charge in [-0.05, 0) is 27.7 Å². The maximum atomic E-state index is 12.2. The Balaban J connectivity index is 2.64. The van der Waals surface area contributed by atoms with Crippen LogP contribution in [0.2, 0.25) is 0 Å². The molecule has 0 unspecified atom stereocenters. The molecule has 0 aromatic heterocycles. The monoisotopic (exact) mass is 490 g/mol. The highest BCUT2D eigenvalue weighted by Crippen LogP contribution is 2.22. The fourth-order valence-electron chi connectivity index (χ4n) is 2.72. The lowest BCUT2D eigenvalue weighted by atomic mass is 9.99. The van der Waals surface area contributed by atoms with E-state index in [1.807, 2.05) is 38.2 Å². The Morgan fingerprint density at radius 1 is 0.771 bits per heavy atom. The zero-order valence-electron chi connectivity index (χ0n) is 20.2. The molecule has 0 aromatic rings. The summed E-state index contributed by atoms with van der Waals surface area (Å²) in [6.07, 6.45) is 9.79. The SMILES string of the molecule is CC(=C/C=C/C=C(C)/C=C/C=C(\C)C(=O)O)/C=C/C=C(\C)C(=O)O[C@@H]1O[C@H](CO)[C@@H](O)[C@H](O)[C@H]1O. The molecule has 1 aliphatic rings. The Hall–Kier alpha value is -3.08. The van der Waals surface area contributed by atoms with Gasteiger partial charge < -0.3 is 35.0 Å². The van der Waals surface area contributed by atoms with Gasteiger partial charge in [0.2, 0.25) is 6.29 Å². The average molecular weight is 491 g/mol. The minimum atomic E-state index is -1.66. The van der Waals surface area contributed by atoms with Crippen molar-refractivity contribution in [3.05, 3.63) is 83.1 Å². The van der Waals surface area contributed by atoms with Crippen molar-refractivity contribution in [3.8, 4) is 0 Å². The molecule has 1 aliphatic heterocycles. The van der Waals surface area contributed by atoms with E-state index in [0.29, 0.717) is 0 Å². The molecule has 0 amide bonds. The minimum absolute atomic E-state index is 0.207. The molecule has 9 nitrogen and oxygen atoms in total. The molecule has 0 radical (unpaired) electrons. The molecule has 5 N–H and O–H groups in total. The van der Waals surface area contributed by atoms with Crippen molar-refractivity contribution in [2.75, 3.05) is 6.61 Å². The summed E-state index contributed by atoms with van der Waals surface area (Å²) in [5, 5.41) is 47.5. The third-order valence-corrected chi connectivity index (χ3v) is 4.97. The predicted octanol–water partition coefficient (Wildman–Crippen LogP) is 1.87. The number of hydrogen-bond donors (Lipinski definition) is 5. The van der Waals surface area contributed by atoms with Crippen LogP contribution < -0.4 is 0 Å². The van der Waals surface area contributed by atoms with Crippen LogP contribution in [0.15, 0.2) is 83.1 Å². The number of carbonyl (C=O) groups excluding carboxylic acids is 1. The lowest BCUT2D eigenvalue weighted by Gasteiger charge is -2.39. The molecule has 35 heavy (non-hydrogen) atoms. The van der Waals surface area contributed by atoms with Crippen molar-refractivity contribution in [3.63, 3.8) is 0 Å². The standard InChI is InChI=1S/C26H34O9/c1-16(11-7-13-18(3)24(31)32)9-5-6-10-17(2)12-8-14-19(4)25(33)35-26-23(30)22(29)21(28)20(15-27)34-26/h5-14,20-23,26-30H,15H2,1-4H3,(H,31,32)/b6-5+,11-7+,12-8+,16-9+,17-10-,18-13+,19-14+/t20-,21-,22+,23-,26+/m1/s1. The molecule has 0 saturated carbocycles. The Bertz CT molecular complexity index is 948. The molecular weight excluding hydrogens is 456 g/mol. The van der Waals surface area contributed by atoms with Crippen molar-refractivity contribution in [2.45, 2.75) is 58.4 Å². The Labute approximate surface area is 205 Å². The lowest BCUT2D eigenvalue weighted by molar-refractivity contribution is -0.291. The molecule has 192 valence electrons. The van der Waals surface area contributed by atoms with Crippen LogP contribution in [0.4, 0.5) is 0 Å². The second kappa shape index (κ2) is 15.0. The molecule has 1 fully saturated rings.